The van der Waals surface area contributed by atoms with Crippen LogP contribution in [0, 0.1) is 11.8 Å². The second kappa shape index (κ2) is 5.20. The molecule has 3 rings (SSSR count). The first kappa shape index (κ1) is 13.6. The van der Waals surface area contributed by atoms with Crippen molar-refractivity contribution < 1.29 is 9.21 Å². The maximum absolute atomic E-state index is 12.5. The van der Waals surface area contributed by atoms with Crippen LogP contribution in [-0.4, -0.2) is 47.4 Å². The van der Waals surface area contributed by atoms with E-state index < -0.39 is 0 Å². The molecule has 20 heavy (non-hydrogen) atoms. The molecule has 1 aromatic heterocycles. The normalized spacial score (nSPS) is 27.4. The summed E-state index contributed by atoms with van der Waals surface area (Å²) in [5.41, 5.74) is 0.931. The lowest BCUT2D eigenvalue weighted by Gasteiger charge is -2.34. The van der Waals surface area contributed by atoms with Crippen LogP contribution in [0.2, 0.25) is 0 Å². The lowest BCUT2D eigenvalue weighted by molar-refractivity contribution is 0.0581. The summed E-state index contributed by atoms with van der Waals surface area (Å²) in [7, 11) is 2.06. The van der Waals surface area contributed by atoms with Gasteiger partial charge in [-0.05, 0) is 25.3 Å². The van der Waals surface area contributed by atoms with Gasteiger partial charge in [0.2, 0.25) is 0 Å². The quantitative estimate of drug-likeness (QED) is 0.785. The minimum atomic E-state index is -0.0412. The molecule has 3 heterocycles. The van der Waals surface area contributed by atoms with Crippen molar-refractivity contribution in [2.45, 2.75) is 33.2 Å². The van der Waals surface area contributed by atoms with E-state index in [2.05, 4.69) is 30.8 Å². The van der Waals surface area contributed by atoms with Gasteiger partial charge in [0.1, 0.15) is 5.76 Å². The molecule has 0 unspecified atom stereocenters. The van der Waals surface area contributed by atoms with Gasteiger partial charge in [0.05, 0.1) is 5.69 Å². The third kappa shape index (κ3) is 2.59. The van der Waals surface area contributed by atoms with Gasteiger partial charge in [0, 0.05) is 32.6 Å². The topological polar surface area (TPSA) is 49.6 Å². The molecule has 1 amide bonds. The molecule has 0 aromatic carbocycles. The van der Waals surface area contributed by atoms with Gasteiger partial charge in [0.25, 0.3) is 5.89 Å². The van der Waals surface area contributed by atoms with Gasteiger partial charge in [-0.25, -0.2) is 4.98 Å². The molecule has 0 radical (unpaired) electrons. The van der Waals surface area contributed by atoms with Crippen molar-refractivity contribution in [3.05, 3.63) is 17.3 Å². The van der Waals surface area contributed by atoms with Crippen molar-refractivity contribution in [2.75, 3.05) is 26.7 Å². The average Bonchev–Trinajstić information content (AvgIpc) is 2.79. The van der Waals surface area contributed by atoms with Crippen LogP contribution in [0.5, 0.6) is 0 Å². The van der Waals surface area contributed by atoms with Crippen molar-refractivity contribution >= 4 is 5.91 Å². The number of carbonyl (C=O) groups is 1. The van der Waals surface area contributed by atoms with Gasteiger partial charge in [-0.15, -0.1) is 0 Å². The van der Waals surface area contributed by atoms with Crippen molar-refractivity contribution in [1.82, 2.24) is 14.8 Å². The van der Waals surface area contributed by atoms with Crippen molar-refractivity contribution in [3.8, 4) is 0 Å². The average molecular weight is 277 g/mol. The molecule has 0 bridgehead atoms. The SMILES string of the molecule is C[C@@H]1C[C@H](C)CN(C(=O)c2nc3c(o2)CCN(C)C3)C1. The molecule has 1 aromatic rings. The van der Waals surface area contributed by atoms with Gasteiger partial charge in [-0.1, -0.05) is 13.8 Å². The zero-order valence-corrected chi connectivity index (χ0v) is 12.6. The Hall–Kier alpha value is -1.36. The van der Waals surface area contributed by atoms with Gasteiger partial charge < -0.3 is 9.32 Å². The van der Waals surface area contributed by atoms with E-state index in [1.54, 1.807) is 0 Å². The van der Waals surface area contributed by atoms with Crippen LogP contribution in [0.4, 0.5) is 0 Å². The molecule has 5 nitrogen and oxygen atoms in total. The van der Waals surface area contributed by atoms with E-state index in [4.69, 9.17) is 4.42 Å². The Balaban J connectivity index is 1.77. The molecular formula is C15H23N3O2. The molecule has 1 fully saturated rings. The number of carbonyl (C=O) groups excluding carboxylic acids is 1. The molecule has 0 aliphatic carbocycles. The molecular weight excluding hydrogens is 254 g/mol. The summed E-state index contributed by atoms with van der Waals surface area (Å²) in [6, 6.07) is 0. The van der Waals surface area contributed by atoms with Crippen LogP contribution >= 0.6 is 0 Å². The molecule has 5 heteroatoms. The van der Waals surface area contributed by atoms with E-state index in [1.165, 1.54) is 6.42 Å². The van der Waals surface area contributed by atoms with Gasteiger partial charge in [-0.2, -0.15) is 0 Å². The number of piperidine rings is 1. The smallest absolute Gasteiger partial charge is 0.309 e. The van der Waals surface area contributed by atoms with E-state index in [1.807, 2.05) is 4.90 Å². The van der Waals surface area contributed by atoms with Crippen LogP contribution in [0.15, 0.2) is 4.42 Å². The van der Waals surface area contributed by atoms with E-state index >= 15 is 0 Å². The molecule has 0 N–H and O–H groups in total. The zero-order chi connectivity index (χ0) is 14.3. The fourth-order valence-electron chi connectivity index (χ4n) is 3.38. The maximum atomic E-state index is 12.5. The summed E-state index contributed by atoms with van der Waals surface area (Å²) >= 11 is 0. The Morgan fingerprint density at radius 1 is 1.30 bits per heavy atom. The number of oxazole rings is 1. The molecule has 2 atom stereocenters. The molecule has 2 aliphatic rings. The molecule has 110 valence electrons. The standard InChI is InChI=1S/C15H23N3O2/c1-10-6-11(2)8-18(7-10)15(19)14-16-12-9-17(3)5-4-13(12)20-14/h10-11H,4-9H2,1-3H3/t10-,11+. The predicted octanol–water partition coefficient (Wildman–Crippen LogP) is 1.78. The van der Waals surface area contributed by atoms with E-state index in [9.17, 15) is 4.79 Å². The minimum Gasteiger partial charge on any atom is -0.437 e. The highest BCUT2D eigenvalue weighted by atomic mass is 16.4. The first-order valence-electron chi connectivity index (χ1n) is 7.49. The summed E-state index contributed by atoms with van der Waals surface area (Å²) in [5, 5.41) is 0. The van der Waals surface area contributed by atoms with Crippen LogP contribution < -0.4 is 0 Å². The summed E-state index contributed by atoms with van der Waals surface area (Å²) < 4.78 is 5.71. The van der Waals surface area contributed by atoms with Crippen molar-refractivity contribution in [2.24, 2.45) is 11.8 Å². The van der Waals surface area contributed by atoms with E-state index in [0.29, 0.717) is 11.8 Å². The Kier molecular flexibility index (Phi) is 3.54. The highest BCUT2D eigenvalue weighted by molar-refractivity contribution is 5.89. The van der Waals surface area contributed by atoms with Crippen molar-refractivity contribution in [3.63, 3.8) is 0 Å². The number of hydrogen-bond donors (Lipinski definition) is 0. The molecule has 1 saturated heterocycles. The third-order valence-corrected chi connectivity index (χ3v) is 4.26. The number of fused-ring (bicyclic) bond motifs is 1. The van der Waals surface area contributed by atoms with Gasteiger partial charge in [0.15, 0.2) is 0 Å². The third-order valence-electron chi connectivity index (χ3n) is 4.26. The predicted molar refractivity (Wildman–Crippen MR) is 75.4 cm³/mol. The Labute approximate surface area is 119 Å². The molecule has 0 saturated carbocycles. The number of nitrogens with zero attached hydrogens (tertiary/aromatic N) is 3. The van der Waals surface area contributed by atoms with Crippen LogP contribution in [0.1, 0.15) is 42.4 Å². The van der Waals surface area contributed by atoms with Gasteiger partial charge >= 0.3 is 5.91 Å². The molecule has 0 spiro atoms. The largest absolute Gasteiger partial charge is 0.437 e. The second-order valence-corrected chi connectivity index (χ2v) is 6.53. The first-order chi connectivity index (χ1) is 9.52. The van der Waals surface area contributed by atoms with Crippen LogP contribution in [0.3, 0.4) is 0 Å². The first-order valence-corrected chi connectivity index (χ1v) is 7.49. The number of likely N-dealkylation sites (N-methyl/N-ethyl adjacent to an activating group) is 1. The maximum Gasteiger partial charge on any atom is 0.309 e. The second-order valence-electron chi connectivity index (χ2n) is 6.53. The van der Waals surface area contributed by atoms with Crippen LogP contribution in [0.25, 0.3) is 0 Å². The Morgan fingerprint density at radius 3 is 2.70 bits per heavy atom. The lowest BCUT2D eigenvalue weighted by Crippen LogP contribution is -2.42. The van der Waals surface area contributed by atoms with Crippen LogP contribution in [-0.2, 0) is 13.0 Å². The number of rotatable bonds is 1. The van der Waals surface area contributed by atoms with Gasteiger partial charge in [-0.3, -0.25) is 9.69 Å². The highest BCUT2D eigenvalue weighted by Gasteiger charge is 2.30. The monoisotopic (exact) mass is 277 g/mol. The number of amides is 1. The minimum absolute atomic E-state index is 0.0412. The van der Waals surface area contributed by atoms with E-state index in [0.717, 1.165) is 44.1 Å². The number of hydrogen-bond acceptors (Lipinski definition) is 4. The summed E-state index contributed by atoms with van der Waals surface area (Å²) in [4.78, 5) is 21.1. The Bertz CT molecular complexity index is 501. The summed E-state index contributed by atoms with van der Waals surface area (Å²) in [5.74, 6) is 2.24. The summed E-state index contributed by atoms with van der Waals surface area (Å²) in [6.07, 6.45) is 2.04. The number of aromatic nitrogens is 1. The summed E-state index contributed by atoms with van der Waals surface area (Å²) in [6.45, 7) is 7.77. The fourth-order valence-corrected chi connectivity index (χ4v) is 3.38. The van der Waals surface area contributed by atoms with E-state index in [-0.39, 0.29) is 11.8 Å². The molecule has 2 aliphatic heterocycles. The zero-order valence-electron chi connectivity index (χ0n) is 12.6. The number of likely N-dealkylation sites (tertiary alicyclic amines) is 1. The van der Waals surface area contributed by atoms with Crippen molar-refractivity contribution in [1.29, 1.82) is 0 Å². The lowest BCUT2D eigenvalue weighted by atomic mass is 9.92. The highest BCUT2D eigenvalue weighted by Crippen LogP contribution is 2.24. The Morgan fingerprint density at radius 2 is 2.00 bits per heavy atom. The fraction of sp³-hybridized carbons (Fsp3) is 0.733.